The molecule has 106 valence electrons. The lowest BCUT2D eigenvalue weighted by Crippen LogP contribution is -2.32. The van der Waals surface area contributed by atoms with Gasteiger partial charge >= 0.3 is 0 Å². The van der Waals surface area contributed by atoms with E-state index in [1.165, 1.54) is 0 Å². The van der Waals surface area contributed by atoms with Crippen molar-refractivity contribution in [3.63, 3.8) is 0 Å². The molecular formula is C17H20FNO. The van der Waals surface area contributed by atoms with Crippen LogP contribution in [0.25, 0.3) is 0 Å². The standard InChI is InChI=1S/C17H20FNO/c1-12-9-10-15(16(20-3)13(12)2)17(18,11-19)14-7-5-4-6-8-14/h4-10H,11,19H2,1-3H3. The number of rotatable bonds is 4. The van der Waals surface area contributed by atoms with Gasteiger partial charge in [0.2, 0.25) is 0 Å². The highest BCUT2D eigenvalue weighted by atomic mass is 19.1. The molecule has 0 fully saturated rings. The molecule has 1 unspecified atom stereocenters. The van der Waals surface area contributed by atoms with Crippen molar-refractivity contribution in [2.24, 2.45) is 5.73 Å². The number of benzene rings is 2. The number of alkyl halides is 1. The van der Waals surface area contributed by atoms with Crippen molar-refractivity contribution in [2.45, 2.75) is 19.5 Å². The highest BCUT2D eigenvalue weighted by Gasteiger charge is 2.36. The Morgan fingerprint density at radius 2 is 1.75 bits per heavy atom. The van der Waals surface area contributed by atoms with E-state index < -0.39 is 5.67 Å². The lowest BCUT2D eigenvalue weighted by Gasteiger charge is -2.27. The number of methoxy groups -OCH3 is 1. The van der Waals surface area contributed by atoms with E-state index in [4.69, 9.17) is 10.5 Å². The number of ether oxygens (including phenoxy) is 1. The number of halogens is 1. The average Bonchev–Trinajstić information content (AvgIpc) is 2.50. The molecule has 0 saturated carbocycles. The van der Waals surface area contributed by atoms with Gasteiger partial charge in [0.15, 0.2) is 5.67 Å². The normalized spacial score (nSPS) is 13.8. The Hall–Kier alpha value is -1.87. The molecule has 0 aliphatic carbocycles. The predicted molar refractivity (Wildman–Crippen MR) is 79.9 cm³/mol. The monoisotopic (exact) mass is 273 g/mol. The Bertz CT molecular complexity index is 597. The molecule has 2 N–H and O–H groups in total. The number of nitrogens with two attached hydrogens (primary N) is 1. The number of hydrogen-bond donors (Lipinski definition) is 1. The van der Waals surface area contributed by atoms with Gasteiger partial charge in [0.25, 0.3) is 0 Å². The van der Waals surface area contributed by atoms with Crippen molar-refractivity contribution in [2.75, 3.05) is 13.7 Å². The van der Waals surface area contributed by atoms with Gasteiger partial charge in [-0.15, -0.1) is 0 Å². The van der Waals surface area contributed by atoms with Crippen molar-refractivity contribution in [3.05, 3.63) is 64.7 Å². The highest BCUT2D eigenvalue weighted by Crippen LogP contribution is 2.40. The molecule has 0 amide bonds. The van der Waals surface area contributed by atoms with Crippen LogP contribution in [0.5, 0.6) is 5.75 Å². The summed E-state index contributed by atoms with van der Waals surface area (Å²) in [6.45, 7) is 3.78. The lowest BCUT2D eigenvalue weighted by molar-refractivity contribution is 0.224. The molecule has 2 aromatic rings. The van der Waals surface area contributed by atoms with E-state index in [1.54, 1.807) is 25.3 Å². The van der Waals surface area contributed by atoms with Crippen molar-refractivity contribution in [3.8, 4) is 5.75 Å². The summed E-state index contributed by atoms with van der Waals surface area (Å²) in [5, 5.41) is 0. The molecule has 0 bridgehead atoms. The van der Waals surface area contributed by atoms with E-state index >= 15 is 4.39 Å². The van der Waals surface area contributed by atoms with Crippen molar-refractivity contribution in [1.82, 2.24) is 0 Å². The van der Waals surface area contributed by atoms with E-state index in [1.807, 2.05) is 38.1 Å². The maximum Gasteiger partial charge on any atom is 0.176 e. The van der Waals surface area contributed by atoms with Crippen LogP contribution in [0.3, 0.4) is 0 Å². The largest absolute Gasteiger partial charge is 0.496 e. The molecule has 0 aromatic heterocycles. The first kappa shape index (κ1) is 14.5. The van der Waals surface area contributed by atoms with Crippen LogP contribution < -0.4 is 10.5 Å². The van der Waals surface area contributed by atoms with E-state index in [-0.39, 0.29) is 6.54 Å². The van der Waals surface area contributed by atoms with Gasteiger partial charge in [-0.2, -0.15) is 0 Å². The van der Waals surface area contributed by atoms with Crippen LogP contribution >= 0.6 is 0 Å². The van der Waals surface area contributed by atoms with Gasteiger partial charge in [0, 0.05) is 12.1 Å². The molecule has 0 heterocycles. The molecule has 2 rings (SSSR count). The maximum atomic E-state index is 15.5. The smallest absolute Gasteiger partial charge is 0.176 e. The fraction of sp³-hybridized carbons (Fsp3) is 0.294. The Morgan fingerprint density at radius 1 is 1.10 bits per heavy atom. The minimum Gasteiger partial charge on any atom is -0.496 e. The van der Waals surface area contributed by atoms with Gasteiger partial charge in [-0.05, 0) is 30.5 Å². The molecule has 0 spiro atoms. The molecular weight excluding hydrogens is 253 g/mol. The Labute approximate surface area is 119 Å². The first-order valence-corrected chi connectivity index (χ1v) is 6.63. The van der Waals surface area contributed by atoms with E-state index in [2.05, 4.69) is 0 Å². The Balaban J connectivity index is 2.67. The molecule has 2 aromatic carbocycles. The Kier molecular flexibility index (Phi) is 4.09. The van der Waals surface area contributed by atoms with Gasteiger partial charge in [-0.25, -0.2) is 4.39 Å². The average molecular weight is 273 g/mol. The summed E-state index contributed by atoms with van der Waals surface area (Å²) in [5.74, 6) is 0.571. The van der Waals surface area contributed by atoms with Crippen LogP contribution in [0.4, 0.5) is 4.39 Å². The van der Waals surface area contributed by atoms with Crippen molar-refractivity contribution < 1.29 is 9.13 Å². The SMILES string of the molecule is COc1c(C(F)(CN)c2ccccc2)ccc(C)c1C. The molecule has 1 atom stereocenters. The van der Waals surface area contributed by atoms with Crippen LogP contribution in [0, 0.1) is 13.8 Å². The lowest BCUT2D eigenvalue weighted by atomic mass is 9.85. The molecule has 2 nitrogen and oxygen atoms in total. The summed E-state index contributed by atoms with van der Waals surface area (Å²) in [7, 11) is 1.56. The summed E-state index contributed by atoms with van der Waals surface area (Å²) in [5.41, 5.74) is 7.04. The zero-order chi connectivity index (χ0) is 14.8. The van der Waals surface area contributed by atoms with Crippen LogP contribution in [0.15, 0.2) is 42.5 Å². The molecule has 20 heavy (non-hydrogen) atoms. The van der Waals surface area contributed by atoms with Gasteiger partial charge < -0.3 is 10.5 Å². The van der Waals surface area contributed by atoms with Crippen LogP contribution in [0.2, 0.25) is 0 Å². The zero-order valence-corrected chi connectivity index (χ0v) is 12.1. The summed E-state index contributed by atoms with van der Waals surface area (Å²) in [4.78, 5) is 0. The van der Waals surface area contributed by atoms with Crippen LogP contribution in [-0.4, -0.2) is 13.7 Å². The third kappa shape index (κ3) is 2.29. The summed E-state index contributed by atoms with van der Waals surface area (Å²) >= 11 is 0. The van der Waals surface area contributed by atoms with Crippen molar-refractivity contribution >= 4 is 0 Å². The summed E-state index contributed by atoms with van der Waals surface area (Å²) in [6.07, 6.45) is 0. The fourth-order valence-corrected chi connectivity index (χ4v) is 2.45. The van der Waals surface area contributed by atoms with E-state index in [0.29, 0.717) is 16.9 Å². The van der Waals surface area contributed by atoms with E-state index in [0.717, 1.165) is 11.1 Å². The van der Waals surface area contributed by atoms with Gasteiger partial charge in [0.1, 0.15) is 5.75 Å². The maximum absolute atomic E-state index is 15.5. The summed E-state index contributed by atoms with van der Waals surface area (Å²) in [6, 6.07) is 12.7. The minimum absolute atomic E-state index is 0.129. The van der Waals surface area contributed by atoms with Crippen LogP contribution in [0.1, 0.15) is 22.3 Å². The first-order valence-electron chi connectivity index (χ1n) is 6.63. The molecule has 3 heteroatoms. The number of hydrogen-bond acceptors (Lipinski definition) is 2. The third-order valence-corrected chi connectivity index (χ3v) is 3.82. The second kappa shape index (κ2) is 5.63. The first-order chi connectivity index (χ1) is 9.54. The van der Waals surface area contributed by atoms with Crippen molar-refractivity contribution in [1.29, 1.82) is 0 Å². The second-order valence-electron chi connectivity index (χ2n) is 4.96. The Morgan fingerprint density at radius 3 is 2.30 bits per heavy atom. The molecule has 0 radical (unpaired) electrons. The zero-order valence-electron chi connectivity index (χ0n) is 12.1. The summed E-state index contributed by atoms with van der Waals surface area (Å²) < 4.78 is 21.0. The molecule has 0 aliphatic heterocycles. The van der Waals surface area contributed by atoms with E-state index in [9.17, 15) is 0 Å². The predicted octanol–water partition coefficient (Wildman–Crippen LogP) is 3.48. The molecule has 0 saturated heterocycles. The highest BCUT2D eigenvalue weighted by molar-refractivity contribution is 5.51. The quantitative estimate of drug-likeness (QED) is 0.925. The van der Waals surface area contributed by atoms with Crippen LogP contribution in [-0.2, 0) is 5.67 Å². The van der Waals surface area contributed by atoms with Gasteiger partial charge in [-0.3, -0.25) is 0 Å². The second-order valence-corrected chi connectivity index (χ2v) is 4.96. The van der Waals surface area contributed by atoms with Gasteiger partial charge in [0.05, 0.1) is 7.11 Å². The minimum atomic E-state index is -1.74. The van der Waals surface area contributed by atoms with Gasteiger partial charge in [-0.1, -0.05) is 42.5 Å². The topological polar surface area (TPSA) is 35.2 Å². The third-order valence-electron chi connectivity index (χ3n) is 3.82. The number of aryl methyl sites for hydroxylation is 1. The molecule has 0 aliphatic rings. The fourth-order valence-electron chi connectivity index (χ4n) is 2.45.